The number of cyclic esters (lactones) is 1. The second-order valence-electron chi connectivity index (χ2n) is 16.8. The van der Waals surface area contributed by atoms with Crippen LogP contribution >= 0.6 is 0 Å². The Morgan fingerprint density at radius 3 is 2.14 bits per heavy atom. The van der Waals surface area contributed by atoms with E-state index in [1.807, 2.05) is 46.7 Å². The maximum atomic E-state index is 14.1. The molecule has 19 atom stereocenters. The number of hydrogen-bond acceptors (Lipinski definition) is 13. The highest BCUT2D eigenvalue weighted by Crippen LogP contribution is 2.48. The molecule has 292 valence electrons. The fourth-order valence-corrected chi connectivity index (χ4v) is 9.20. The van der Waals surface area contributed by atoms with E-state index in [0.717, 1.165) is 0 Å². The number of fused-ring (bicyclic) bond motifs is 2. The van der Waals surface area contributed by atoms with Gasteiger partial charge >= 0.3 is 5.97 Å². The highest BCUT2D eigenvalue weighted by atomic mass is 16.7. The molecule has 4 heterocycles. The Labute approximate surface area is 299 Å². The van der Waals surface area contributed by atoms with E-state index in [9.17, 15) is 25.2 Å². The highest BCUT2D eigenvalue weighted by Gasteiger charge is 2.58. The number of aliphatic hydroxyl groups is 4. The van der Waals surface area contributed by atoms with Crippen molar-refractivity contribution in [1.29, 1.82) is 0 Å². The van der Waals surface area contributed by atoms with E-state index in [1.54, 1.807) is 27.7 Å². The molecule has 13 heteroatoms. The van der Waals surface area contributed by atoms with Crippen LogP contribution in [-0.2, 0) is 38.0 Å². The molecular weight excluding hydrogens is 650 g/mol. The molecule has 50 heavy (non-hydrogen) atoms. The number of hydrogen-bond donors (Lipinski definition) is 4. The van der Waals surface area contributed by atoms with Crippen molar-refractivity contribution in [2.24, 2.45) is 23.7 Å². The van der Waals surface area contributed by atoms with Gasteiger partial charge in [-0.15, -0.1) is 0 Å². The smallest absolute Gasteiger partial charge is 0.311 e. The van der Waals surface area contributed by atoms with Gasteiger partial charge in [0.05, 0.1) is 53.7 Å². The molecule has 0 amide bonds. The van der Waals surface area contributed by atoms with Crippen LogP contribution in [0.2, 0.25) is 0 Å². The zero-order chi connectivity index (χ0) is 37.7. The van der Waals surface area contributed by atoms with Crippen LogP contribution in [0.25, 0.3) is 0 Å². The first-order valence-corrected chi connectivity index (χ1v) is 18.6. The average molecular weight is 718 g/mol. The van der Waals surface area contributed by atoms with E-state index in [-0.39, 0.29) is 30.9 Å². The quantitative estimate of drug-likeness (QED) is 0.284. The van der Waals surface area contributed by atoms with Gasteiger partial charge in [-0.2, -0.15) is 0 Å². The van der Waals surface area contributed by atoms with Gasteiger partial charge in [-0.05, 0) is 80.8 Å². The normalized spacial score (nSPS) is 52.6. The van der Waals surface area contributed by atoms with Crippen LogP contribution in [0, 0.1) is 23.7 Å². The van der Waals surface area contributed by atoms with Gasteiger partial charge in [-0.3, -0.25) is 4.79 Å². The molecule has 4 N–H and O–H groups in total. The van der Waals surface area contributed by atoms with Crippen LogP contribution in [0.5, 0.6) is 0 Å². The predicted octanol–water partition coefficient (Wildman–Crippen LogP) is 2.62. The van der Waals surface area contributed by atoms with E-state index in [4.69, 9.17) is 33.2 Å². The number of rotatable bonds is 7. The molecule has 0 aromatic carbocycles. The Balaban J connectivity index is 1.83. The molecule has 2 bridgehead atoms. The summed E-state index contributed by atoms with van der Waals surface area (Å²) in [6.07, 6.45) is -7.51. The fourth-order valence-electron chi connectivity index (χ4n) is 9.20. The van der Waals surface area contributed by atoms with Gasteiger partial charge < -0.3 is 58.5 Å². The lowest BCUT2D eigenvalue weighted by Crippen LogP contribution is -2.60. The van der Waals surface area contributed by atoms with Gasteiger partial charge in [0, 0.05) is 31.4 Å². The van der Waals surface area contributed by atoms with Crippen molar-refractivity contribution in [2.45, 2.75) is 185 Å². The van der Waals surface area contributed by atoms with Crippen molar-refractivity contribution in [3.8, 4) is 0 Å². The summed E-state index contributed by atoms with van der Waals surface area (Å²) in [5.41, 5.74) is -3.76. The van der Waals surface area contributed by atoms with Crippen molar-refractivity contribution in [3.05, 3.63) is 0 Å². The lowest BCUT2D eigenvalue weighted by molar-refractivity contribution is -0.318. The minimum absolute atomic E-state index is 0.0572. The lowest BCUT2D eigenvalue weighted by atomic mass is 9.76. The van der Waals surface area contributed by atoms with E-state index in [0.29, 0.717) is 12.8 Å². The monoisotopic (exact) mass is 717 g/mol. The summed E-state index contributed by atoms with van der Waals surface area (Å²) in [6.45, 7) is 18.3. The highest BCUT2D eigenvalue weighted by molar-refractivity contribution is 5.73. The predicted molar refractivity (Wildman–Crippen MR) is 184 cm³/mol. The van der Waals surface area contributed by atoms with Gasteiger partial charge in [-0.25, -0.2) is 0 Å². The standard InChI is InChI=1S/C37H67NO12/c1-14-25-37(10,43)30(40)20(4)28-18(2)16-36(9,50-28)32(49-34-27(39)24(38(11)12)15-19(3)45-34)21(5)29(22(6)33(42)47-25)48-26-17-35(8,44-13)31(41)23(7)46-26/h18-32,34,39-41,43H,14-17H2,1-13H3/t18-,19-,20+,21+,22-,23+,24+,25-,26+,27-,28?,29+,30-,31+,32-,34+,35-,36-,37-/m1/s1. The topological polar surface area (TPSA) is 166 Å². The van der Waals surface area contributed by atoms with Crippen LogP contribution in [0.15, 0.2) is 0 Å². The zero-order valence-electron chi connectivity index (χ0n) is 32.6. The third kappa shape index (κ3) is 8.08. The summed E-state index contributed by atoms with van der Waals surface area (Å²) in [7, 11) is 5.36. The largest absolute Gasteiger partial charge is 0.459 e. The molecular formula is C37H67NO12. The summed E-state index contributed by atoms with van der Waals surface area (Å²) < 4.78 is 44.8. The molecule has 0 spiro atoms. The Hall–Kier alpha value is -0.970. The molecule has 1 unspecified atom stereocenters. The van der Waals surface area contributed by atoms with Crippen molar-refractivity contribution in [3.63, 3.8) is 0 Å². The number of carbonyl (C=O) groups is 1. The molecule has 4 saturated heterocycles. The van der Waals surface area contributed by atoms with Gasteiger partial charge in [0.1, 0.15) is 23.9 Å². The van der Waals surface area contributed by atoms with Crippen LogP contribution < -0.4 is 0 Å². The first-order chi connectivity index (χ1) is 23.1. The number of aliphatic hydroxyl groups excluding tert-OH is 3. The van der Waals surface area contributed by atoms with E-state index in [1.165, 1.54) is 14.0 Å². The molecule has 4 aliphatic heterocycles. The Morgan fingerprint density at radius 1 is 0.920 bits per heavy atom. The molecule has 0 saturated carbocycles. The maximum Gasteiger partial charge on any atom is 0.311 e. The van der Waals surface area contributed by atoms with Crippen LogP contribution in [0.4, 0.5) is 0 Å². The third-order valence-corrected chi connectivity index (χ3v) is 12.4. The molecule has 4 rings (SSSR count). The summed E-state index contributed by atoms with van der Waals surface area (Å²) in [5.74, 6) is -2.72. The second kappa shape index (κ2) is 15.8. The van der Waals surface area contributed by atoms with Crippen molar-refractivity contribution in [2.75, 3.05) is 21.2 Å². The SMILES string of the molecule is CC[C@H]1OC(=O)[C@H](C)[C@@H](O[C@H]2C[C@@](C)(OC)[C@@H](O)[C@H](C)O2)[C@H](C)[C@@H](O[C@@H]2O[C@H](C)C[C@H](N(C)C)[C@H]2O)[C@@]2(C)C[C@@H](C)C(O2)[C@H](C)[C@@H](O)[C@]1(C)O. The Bertz CT molecular complexity index is 1140. The first-order valence-electron chi connectivity index (χ1n) is 18.6. The van der Waals surface area contributed by atoms with E-state index < -0.39 is 102 Å². The molecule has 4 aliphatic rings. The van der Waals surface area contributed by atoms with Gasteiger partial charge in [0.15, 0.2) is 12.6 Å². The molecule has 0 aromatic heterocycles. The molecule has 13 nitrogen and oxygen atoms in total. The summed E-state index contributed by atoms with van der Waals surface area (Å²) in [5, 5.41) is 45.9. The maximum absolute atomic E-state index is 14.1. The molecule has 4 fully saturated rings. The van der Waals surface area contributed by atoms with E-state index >= 15 is 0 Å². The minimum atomic E-state index is -1.78. The summed E-state index contributed by atoms with van der Waals surface area (Å²) in [4.78, 5) is 16.1. The number of nitrogens with zero attached hydrogens (tertiary/aromatic N) is 1. The molecule has 0 aliphatic carbocycles. The number of carbonyl (C=O) groups excluding carboxylic acids is 1. The number of esters is 1. The summed E-state index contributed by atoms with van der Waals surface area (Å²) >= 11 is 0. The fraction of sp³-hybridized carbons (Fsp3) is 0.973. The second-order valence-corrected chi connectivity index (χ2v) is 16.8. The van der Waals surface area contributed by atoms with Gasteiger partial charge in [0.25, 0.3) is 0 Å². The Kier molecular flexibility index (Phi) is 13.2. The van der Waals surface area contributed by atoms with Gasteiger partial charge in [-0.1, -0.05) is 27.7 Å². The van der Waals surface area contributed by atoms with Crippen molar-refractivity contribution < 1.29 is 58.4 Å². The summed E-state index contributed by atoms with van der Waals surface area (Å²) in [6, 6.07) is -0.225. The lowest BCUT2D eigenvalue weighted by Gasteiger charge is -2.48. The van der Waals surface area contributed by atoms with Gasteiger partial charge in [0.2, 0.25) is 0 Å². The third-order valence-electron chi connectivity index (χ3n) is 12.4. The number of methoxy groups -OCH3 is 1. The molecule has 0 aromatic rings. The minimum Gasteiger partial charge on any atom is -0.459 e. The average Bonchev–Trinajstić information content (AvgIpc) is 3.37. The van der Waals surface area contributed by atoms with Crippen LogP contribution in [0.1, 0.15) is 94.9 Å². The van der Waals surface area contributed by atoms with Crippen molar-refractivity contribution in [1.82, 2.24) is 4.90 Å². The van der Waals surface area contributed by atoms with E-state index in [2.05, 4.69) is 6.92 Å². The number of likely N-dealkylation sites (N-methyl/N-ethyl adjacent to an activating group) is 1. The number of ether oxygens (including phenoxy) is 7. The van der Waals surface area contributed by atoms with Crippen LogP contribution in [0.3, 0.4) is 0 Å². The first kappa shape index (κ1) is 41.8. The van der Waals surface area contributed by atoms with Crippen LogP contribution in [-0.4, -0.2) is 143 Å². The molecule has 0 radical (unpaired) electrons. The van der Waals surface area contributed by atoms with Crippen molar-refractivity contribution >= 4 is 5.97 Å². The zero-order valence-corrected chi connectivity index (χ0v) is 32.6. The Morgan fingerprint density at radius 2 is 1.56 bits per heavy atom.